The number of guanidine groups is 1. The summed E-state index contributed by atoms with van der Waals surface area (Å²) in [6, 6.07) is -0.882. The summed E-state index contributed by atoms with van der Waals surface area (Å²) in [6.45, 7) is 2.20. The first-order valence-electron chi connectivity index (χ1n) is 12.0. The number of β-amino-alcohol motifs (C(OH)–C–C–N with tert-alkyl or cyclic N) is 1. The van der Waals surface area contributed by atoms with E-state index < -0.39 is 24.0 Å². The number of aliphatic imine (C=N–C) groups is 1. The van der Waals surface area contributed by atoms with Crippen LogP contribution in [0.1, 0.15) is 45.5 Å². The summed E-state index contributed by atoms with van der Waals surface area (Å²) >= 11 is 6.08. The Balaban J connectivity index is 2.43. The quantitative estimate of drug-likeness (QED) is 0.0731. The van der Waals surface area contributed by atoms with Crippen LogP contribution in [0.15, 0.2) is 4.99 Å². The second-order valence-corrected chi connectivity index (χ2v) is 12.0. The number of rotatable bonds is 12. The summed E-state index contributed by atoms with van der Waals surface area (Å²) in [4.78, 5) is 47.2. The Morgan fingerprint density at radius 3 is 2.24 bits per heavy atom. The number of nitrogens with two attached hydrogens (primary N) is 2. The summed E-state index contributed by atoms with van der Waals surface area (Å²) in [5.41, 5.74) is 12.1. The van der Waals surface area contributed by atoms with Crippen molar-refractivity contribution in [2.75, 3.05) is 45.9 Å². The number of nitrogens with one attached hydrogen (secondary N) is 1. The lowest BCUT2D eigenvalue weighted by atomic mass is 10.0. The third kappa shape index (κ3) is 8.48. The predicted octanol–water partition coefficient (Wildman–Crippen LogP) is -0.0192. The highest BCUT2D eigenvalue weighted by molar-refractivity contribution is 14.1. The number of carbonyl (C=O) groups is 3. The number of aliphatic hydroxyl groups excluding tert-OH is 3. The molecule has 8 N–H and O–H groups in total. The molecule has 0 radical (unpaired) electrons. The maximum Gasteiger partial charge on any atom is 0.256 e. The lowest BCUT2D eigenvalue weighted by Crippen LogP contribution is -2.48. The van der Waals surface area contributed by atoms with E-state index >= 15 is 0 Å². The molecule has 2 unspecified atom stereocenters. The zero-order valence-corrected chi connectivity index (χ0v) is 27.4. The summed E-state index contributed by atoms with van der Waals surface area (Å²) in [5, 5.41) is 31.5. The summed E-state index contributed by atoms with van der Waals surface area (Å²) in [7, 11) is 0. The molecular weight excluding hydrogens is 837 g/mol. The van der Waals surface area contributed by atoms with Crippen molar-refractivity contribution >= 4 is 91.5 Å². The number of nitrogens with zero attached hydrogens (tertiary/aromatic N) is 3. The molecule has 1 fully saturated rings. The Labute approximate surface area is 262 Å². The van der Waals surface area contributed by atoms with Gasteiger partial charge in [-0.3, -0.25) is 19.4 Å². The molecule has 2 rings (SSSR count). The topological polar surface area (TPSA) is 195 Å². The van der Waals surface area contributed by atoms with Gasteiger partial charge < -0.3 is 41.9 Å². The molecule has 38 heavy (non-hydrogen) atoms. The molecule has 1 aliphatic heterocycles. The Morgan fingerprint density at radius 1 is 1.11 bits per heavy atom. The van der Waals surface area contributed by atoms with Gasteiger partial charge in [0.2, 0.25) is 5.91 Å². The van der Waals surface area contributed by atoms with E-state index in [0.29, 0.717) is 35.7 Å². The first-order valence-corrected chi connectivity index (χ1v) is 15.2. The summed E-state index contributed by atoms with van der Waals surface area (Å²) < 4.78 is 1.72. The number of hydrogen-bond acceptors (Lipinski definition) is 7. The highest BCUT2D eigenvalue weighted by atomic mass is 127. The van der Waals surface area contributed by atoms with Gasteiger partial charge in [0, 0.05) is 43.4 Å². The first-order chi connectivity index (χ1) is 17.9. The SMILES string of the molecule is Cc1c(I)c(C(=O)NC(CCCN=C(N)N)C(=O)N2CCC(O)C2)c(I)c(C(=O)N(CCO)CCO)c1I. The average Bonchev–Trinajstić information content (AvgIpc) is 3.30. The van der Waals surface area contributed by atoms with Gasteiger partial charge in [-0.2, -0.15) is 0 Å². The fraction of sp³-hybridized carbons (Fsp3) is 0.565. The molecule has 0 aromatic heterocycles. The molecule has 1 aromatic carbocycles. The normalized spacial score (nSPS) is 15.8. The van der Waals surface area contributed by atoms with Crippen molar-refractivity contribution in [1.29, 1.82) is 0 Å². The maximum atomic E-state index is 13.7. The Bertz CT molecular complexity index is 1060. The molecule has 3 amide bonds. The molecule has 1 saturated heterocycles. The third-order valence-corrected chi connectivity index (χ3v) is 9.80. The Hall–Kier alpha value is -1.03. The van der Waals surface area contributed by atoms with Crippen molar-refractivity contribution < 1.29 is 29.7 Å². The van der Waals surface area contributed by atoms with Gasteiger partial charge in [-0.25, -0.2) is 0 Å². The number of halogens is 3. The minimum Gasteiger partial charge on any atom is -0.395 e. The second-order valence-electron chi connectivity index (χ2n) is 8.76. The van der Waals surface area contributed by atoms with Crippen molar-refractivity contribution in [3.63, 3.8) is 0 Å². The number of amides is 3. The molecule has 12 nitrogen and oxygen atoms in total. The van der Waals surface area contributed by atoms with Gasteiger partial charge >= 0.3 is 0 Å². The largest absolute Gasteiger partial charge is 0.395 e. The molecule has 1 aromatic rings. The van der Waals surface area contributed by atoms with E-state index in [4.69, 9.17) is 11.5 Å². The number of likely N-dealkylation sites (tertiary alicyclic amines) is 1. The van der Waals surface area contributed by atoms with Crippen LogP contribution in [-0.2, 0) is 4.79 Å². The predicted molar refractivity (Wildman–Crippen MR) is 168 cm³/mol. The monoisotopic (exact) mass is 870 g/mol. The van der Waals surface area contributed by atoms with E-state index in [0.717, 1.165) is 5.56 Å². The van der Waals surface area contributed by atoms with E-state index in [-0.39, 0.29) is 63.2 Å². The van der Waals surface area contributed by atoms with Crippen LogP contribution < -0.4 is 16.8 Å². The zero-order chi connectivity index (χ0) is 28.6. The Kier molecular flexibility index (Phi) is 13.7. The van der Waals surface area contributed by atoms with Crippen molar-refractivity contribution in [2.45, 2.75) is 38.3 Å². The zero-order valence-electron chi connectivity index (χ0n) is 20.9. The van der Waals surface area contributed by atoms with E-state index in [1.54, 1.807) is 6.92 Å². The van der Waals surface area contributed by atoms with Gasteiger partial charge in [0.25, 0.3) is 11.8 Å². The number of carbonyl (C=O) groups excluding carboxylic acids is 3. The lowest BCUT2D eigenvalue weighted by molar-refractivity contribution is -0.132. The van der Waals surface area contributed by atoms with Gasteiger partial charge in [0.1, 0.15) is 6.04 Å². The number of aliphatic hydroxyl groups is 3. The van der Waals surface area contributed by atoms with Crippen LogP contribution in [0.3, 0.4) is 0 Å². The Morgan fingerprint density at radius 2 is 1.71 bits per heavy atom. The fourth-order valence-electron chi connectivity index (χ4n) is 4.04. The van der Waals surface area contributed by atoms with Crippen LogP contribution in [0.5, 0.6) is 0 Å². The standard InChI is InChI=1S/C23H33I3N6O6/c1-12-17(24)15(19(26)16(18(12)25)22(38)31(7-9-33)8-10-34)20(36)30-14(3-2-5-29-23(27)28)21(37)32-6-4-13(35)11-32/h13-14,33-35H,2-11H2,1H3,(H,30,36)(H4,27,28,29). The molecule has 0 spiro atoms. The molecule has 0 aliphatic carbocycles. The van der Waals surface area contributed by atoms with Gasteiger partial charge in [0.15, 0.2) is 5.96 Å². The van der Waals surface area contributed by atoms with Crippen molar-refractivity contribution in [2.24, 2.45) is 16.5 Å². The molecule has 0 bridgehead atoms. The minimum absolute atomic E-state index is 0.0339. The second kappa shape index (κ2) is 15.7. The van der Waals surface area contributed by atoms with Crippen LogP contribution in [0.2, 0.25) is 0 Å². The van der Waals surface area contributed by atoms with Gasteiger partial charge in [-0.15, -0.1) is 0 Å². The molecule has 1 aliphatic rings. The van der Waals surface area contributed by atoms with E-state index in [9.17, 15) is 29.7 Å². The van der Waals surface area contributed by atoms with Gasteiger partial charge in [0.05, 0.1) is 30.4 Å². The molecule has 0 saturated carbocycles. The van der Waals surface area contributed by atoms with Crippen molar-refractivity contribution in [1.82, 2.24) is 15.1 Å². The van der Waals surface area contributed by atoms with Gasteiger partial charge in [-0.05, 0) is 99.5 Å². The first kappa shape index (κ1) is 33.2. The van der Waals surface area contributed by atoms with Crippen LogP contribution >= 0.6 is 67.8 Å². The van der Waals surface area contributed by atoms with Crippen LogP contribution in [0.25, 0.3) is 0 Å². The third-order valence-electron chi connectivity index (χ3n) is 6.03. The van der Waals surface area contributed by atoms with E-state index in [1.807, 2.05) is 22.6 Å². The molecule has 15 heteroatoms. The average molecular weight is 870 g/mol. The van der Waals surface area contributed by atoms with Crippen molar-refractivity contribution in [3.05, 3.63) is 27.4 Å². The van der Waals surface area contributed by atoms with Crippen LogP contribution in [0.4, 0.5) is 0 Å². The van der Waals surface area contributed by atoms with Gasteiger partial charge in [-0.1, -0.05) is 0 Å². The molecule has 212 valence electrons. The molecule has 2 atom stereocenters. The smallest absolute Gasteiger partial charge is 0.256 e. The molecular formula is C23H33I3N6O6. The highest BCUT2D eigenvalue weighted by Gasteiger charge is 2.33. The maximum absolute atomic E-state index is 13.7. The highest BCUT2D eigenvalue weighted by Crippen LogP contribution is 2.32. The fourth-order valence-corrected chi connectivity index (χ4v) is 8.16. The van der Waals surface area contributed by atoms with E-state index in [1.165, 1.54) is 9.80 Å². The van der Waals surface area contributed by atoms with E-state index in [2.05, 4.69) is 55.5 Å². The lowest BCUT2D eigenvalue weighted by Gasteiger charge is -2.26. The number of benzene rings is 1. The summed E-state index contributed by atoms with van der Waals surface area (Å²) in [5.74, 6) is -1.29. The minimum atomic E-state index is -0.882. The van der Waals surface area contributed by atoms with Crippen LogP contribution in [-0.4, -0.2) is 107 Å². The van der Waals surface area contributed by atoms with Crippen molar-refractivity contribution in [3.8, 4) is 0 Å². The summed E-state index contributed by atoms with van der Waals surface area (Å²) in [6.07, 6.45) is 0.575. The molecule has 1 heterocycles. The number of hydrogen-bond donors (Lipinski definition) is 6. The van der Waals surface area contributed by atoms with Crippen LogP contribution in [0, 0.1) is 17.6 Å².